The van der Waals surface area contributed by atoms with Gasteiger partial charge in [-0.25, -0.2) is 0 Å². The number of nitrogens with zero attached hydrogens (tertiary/aromatic N) is 1. The van der Waals surface area contributed by atoms with Gasteiger partial charge in [0.2, 0.25) is 0 Å². The van der Waals surface area contributed by atoms with Gasteiger partial charge in [0.05, 0.1) is 18.2 Å². The van der Waals surface area contributed by atoms with Gasteiger partial charge in [-0.1, -0.05) is 0 Å². The van der Waals surface area contributed by atoms with Gasteiger partial charge in [0.1, 0.15) is 11.8 Å². The van der Waals surface area contributed by atoms with Crippen LogP contribution in [0.4, 0.5) is 13.2 Å². The maximum Gasteiger partial charge on any atom is 0.417 e. The monoisotopic (exact) mass is 233 g/mol. The number of methoxy groups -OCH3 is 1. The van der Waals surface area contributed by atoms with Crippen LogP contribution in [0.1, 0.15) is 11.1 Å². The van der Waals surface area contributed by atoms with Crippen molar-refractivity contribution in [2.24, 2.45) is 0 Å². The molecule has 1 rings (SSSR count). The van der Waals surface area contributed by atoms with E-state index in [1.807, 2.05) is 0 Å². The molecule has 0 fully saturated rings. The quantitative estimate of drug-likeness (QED) is 0.756. The van der Waals surface area contributed by atoms with Crippen molar-refractivity contribution in [3.8, 4) is 11.8 Å². The molecule has 0 saturated carbocycles. The number of ether oxygens (including phenoxy) is 1. The molecule has 0 amide bonds. The zero-order valence-electron chi connectivity index (χ0n) is 7.59. The zero-order chi connectivity index (χ0) is 11.6. The Balaban J connectivity index is 3.41. The number of hydrogen-bond donors (Lipinski definition) is 1. The molecular weight excluding hydrogens is 227 g/mol. The summed E-state index contributed by atoms with van der Waals surface area (Å²) in [5.74, 6) is 0.0792. The number of hydrogen-bond acceptors (Lipinski definition) is 3. The maximum atomic E-state index is 12.4. The molecule has 0 aromatic heterocycles. The van der Waals surface area contributed by atoms with Gasteiger partial charge < -0.3 is 4.74 Å². The minimum atomic E-state index is -4.52. The minimum absolute atomic E-state index is 0.0792. The first kappa shape index (κ1) is 11.7. The topological polar surface area (TPSA) is 33.0 Å². The van der Waals surface area contributed by atoms with Crippen LogP contribution in [0, 0.1) is 11.3 Å². The van der Waals surface area contributed by atoms with E-state index in [-0.39, 0.29) is 16.2 Å². The summed E-state index contributed by atoms with van der Waals surface area (Å²) in [6.07, 6.45) is -4.52. The summed E-state index contributed by atoms with van der Waals surface area (Å²) in [6, 6.07) is 3.42. The van der Waals surface area contributed by atoms with Crippen molar-refractivity contribution in [3.05, 3.63) is 23.3 Å². The molecule has 0 spiro atoms. The van der Waals surface area contributed by atoms with E-state index in [0.29, 0.717) is 0 Å². The number of benzene rings is 1. The molecule has 0 bridgehead atoms. The number of rotatable bonds is 1. The first-order chi connectivity index (χ1) is 6.90. The van der Waals surface area contributed by atoms with Crippen molar-refractivity contribution in [1.29, 1.82) is 5.26 Å². The first-order valence-corrected chi connectivity index (χ1v) is 4.23. The number of halogens is 3. The average Bonchev–Trinajstić information content (AvgIpc) is 2.15. The Morgan fingerprint density at radius 3 is 2.40 bits per heavy atom. The second-order valence-corrected chi connectivity index (χ2v) is 3.16. The first-order valence-electron chi connectivity index (χ1n) is 3.78. The van der Waals surface area contributed by atoms with Crippen LogP contribution in [0.5, 0.6) is 5.75 Å². The lowest BCUT2D eigenvalue weighted by molar-refractivity contribution is -0.139. The Morgan fingerprint density at radius 2 is 2.00 bits per heavy atom. The molecule has 0 aliphatic rings. The Kier molecular flexibility index (Phi) is 3.15. The highest BCUT2D eigenvalue weighted by Gasteiger charge is 2.33. The summed E-state index contributed by atoms with van der Waals surface area (Å²) in [4.78, 5) is -0.265. The summed E-state index contributed by atoms with van der Waals surface area (Å²) in [5.41, 5.74) is -1.11. The lowest BCUT2D eigenvalue weighted by atomic mass is 10.1. The summed E-state index contributed by atoms with van der Waals surface area (Å²) in [6.45, 7) is 0. The molecule has 6 heteroatoms. The fourth-order valence-electron chi connectivity index (χ4n) is 1.05. The van der Waals surface area contributed by atoms with Crippen molar-refractivity contribution < 1.29 is 17.9 Å². The lowest BCUT2D eigenvalue weighted by Gasteiger charge is -2.11. The molecule has 80 valence electrons. The fraction of sp³-hybridized carbons (Fsp3) is 0.222. The molecule has 1 aromatic rings. The van der Waals surface area contributed by atoms with E-state index in [1.165, 1.54) is 7.11 Å². The molecule has 0 N–H and O–H groups in total. The highest BCUT2D eigenvalue weighted by atomic mass is 32.1. The van der Waals surface area contributed by atoms with E-state index < -0.39 is 11.7 Å². The molecule has 0 aliphatic heterocycles. The van der Waals surface area contributed by atoms with E-state index in [2.05, 4.69) is 12.6 Å². The molecule has 0 atom stereocenters. The molecule has 15 heavy (non-hydrogen) atoms. The van der Waals surface area contributed by atoms with Gasteiger partial charge in [0, 0.05) is 4.90 Å². The third-order valence-corrected chi connectivity index (χ3v) is 2.11. The third-order valence-electron chi connectivity index (χ3n) is 1.74. The minimum Gasteiger partial charge on any atom is -0.495 e. The van der Waals surface area contributed by atoms with E-state index >= 15 is 0 Å². The zero-order valence-corrected chi connectivity index (χ0v) is 8.49. The van der Waals surface area contributed by atoms with Crippen LogP contribution >= 0.6 is 12.6 Å². The molecule has 0 heterocycles. The van der Waals surface area contributed by atoms with Crippen LogP contribution < -0.4 is 4.74 Å². The van der Waals surface area contributed by atoms with E-state index in [0.717, 1.165) is 12.1 Å². The predicted molar refractivity (Wildman–Crippen MR) is 50.0 cm³/mol. The summed E-state index contributed by atoms with van der Waals surface area (Å²) in [7, 11) is 1.27. The standard InChI is InChI=1S/C9H6F3NOS/c1-14-7-3-8(15)6(9(10,11)12)2-5(7)4-13/h2-3,15H,1H3. The SMILES string of the molecule is COc1cc(S)c(C(F)(F)F)cc1C#N. The van der Waals surface area contributed by atoms with E-state index in [1.54, 1.807) is 6.07 Å². The number of thiol groups is 1. The fourth-order valence-corrected chi connectivity index (χ4v) is 1.36. The second kappa shape index (κ2) is 4.03. The smallest absolute Gasteiger partial charge is 0.417 e. The molecular formula is C9H6F3NOS. The van der Waals surface area contributed by atoms with Crippen LogP contribution in [0.15, 0.2) is 17.0 Å². The van der Waals surface area contributed by atoms with Gasteiger partial charge in [0.15, 0.2) is 0 Å². The van der Waals surface area contributed by atoms with Gasteiger partial charge >= 0.3 is 6.18 Å². The van der Waals surface area contributed by atoms with Crippen molar-refractivity contribution >= 4 is 12.6 Å². The van der Waals surface area contributed by atoms with E-state index in [4.69, 9.17) is 10.00 Å². The molecule has 0 saturated heterocycles. The second-order valence-electron chi connectivity index (χ2n) is 2.68. The Morgan fingerprint density at radius 1 is 1.40 bits per heavy atom. The highest BCUT2D eigenvalue weighted by Crippen LogP contribution is 2.37. The normalized spacial score (nSPS) is 10.9. The Labute approximate surface area is 89.7 Å². The third kappa shape index (κ3) is 2.36. The summed E-state index contributed by atoms with van der Waals surface area (Å²) < 4.78 is 42.0. The maximum absolute atomic E-state index is 12.4. The molecule has 2 nitrogen and oxygen atoms in total. The van der Waals surface area contributed by atoms with Crippen molar-refractivity contribution in [2.75, 3.05) is 7.11 Å². The van der Waals surface area contributed by atoms with Crippen molar-refractivity contribution in [2.45, 2.75) is 11.1 Å². The van der Waals surface area contributed by atoms with Crippen LogP contribution in [0.2, 0.25) is 0 Å². The van der Waals surface area contributed by atoms with Gasteiger partial charge in [-0.15, -0.1) is 12.6 Å². The Hall–Kier alpha value is -1.35. The number of nitriles is 1. The predicted octanol–water partition coefficient (Wildman–Crippen LogP) is 2.87. The van der Waals surface area contributed by atoms with Crippen LogP contribution in [0.3, 0.4) is 0 Å². The summed E-state index contributed by atoms with van der Waals surface area (Å²) >= 11 is 3.69. The Bertz CT molecular complexity index is 423. The van der Waals surface area contributed by atoms with Gasteiger partial charge in [-0.2, -0.15) is 18.4 Å². The van der Waals surface area contributed by atoms with Crippen molar-refractivity contribution in [3.63, 3.8) is 0 Å². The van der Waals surface area contributed by atoms with Crippen LogP contribution in [0.25, 0.3) is 0 Å². The van der Waals surface area contributed by atoms with Crippen molar-refractivity contribution in [1.82, 2.24) is 0 Å². The number of alkyl halides is 3. The van der Waals surface area contributed by atoms with Gasteiger partial charge in [-0.3, -0.25) is 0 Å². The van der Waals surface area contributed by atoms with E-state index in [9.17, 15) is 13.2 Å². The lowest BCUT2D eigenvalue weighted by Crippen LogP contribution is -2.07. The highest BCUT2D eigenvalue weighted by molar-refractivity contribution is 7.80. The average molecular weight is 233 g/mol. The van der Waals surface area contributed by atoms with Crippen LogP contribution in [-0.4, -0.2) is 7.11 Å². The molecule has 0 radical (unpaired) electrons. The van der Waals surface area contributed by atoms with Crippen LogP contribution in [-0.2, 0) is 6.18 Å². The largest absolute Gasteiger partial charge is 0.495 e. The molecule has 1 aromatic carbocycles. The van der Waals surface area contributed by atoms with Gasteiger partial charge in [-0.05, 0) is 12.1 Å². The molecule has 0 unspecified atom stereocenters. The summed E-state index contributed by atoms with van der Waals surface area (Å²) in [5, 5.41) is 8.61. The molecule has 0 aliphatic carbocycles. The van der Waals surface area contributed by atoms with Gasteiger partial charge in [0.25, 0.3) is 0 Å².